The highest BCUT2D eigenvalue weighted by molar-refractivity contribution is 5.99. The van der Waals surface area contributed by atoms with Crippen LogP contribution < -0.4 is 26.8 Å². The zero-order valence-electron chi connectivity index (χ0n) is 14.8. The normalized spacial score (nSPS) is 11.9. The molecule has 8 nitrogen and oxygen atoms in total. The average Bonchev–Trinajstić information content (AvgIpc) is 3.22. The molecule has 4 N–H and O–H groups in total. The van der Waals surface area contributed by atoms with E-state index in [1.165, 1.54) is 25.4 Å². The van der Waals surface area contributed by atoms with Crippen molar-refractivity contribution in [3.05, 3.63) is 68.4 Å². The lowest BCUT2D eigenvalue weighted by Gasteiger charge is -2.21. The van der Waals surface area contributed by atoms with Gasteiger partial charge in [-0.2, -0.15) is 0 Å². The lowest BCUT2D eigenvalue weighted by atomic mass is 10.1. The molecular weight excluding hydrogens is 350 g/mol. The summed E-state index contributed by atoms with van der Waals surface area (Å²) >= 11 is 0. The third-order valence-corrected chi connectivity index (χ3v) is 4.35. The van der Waals surface area contributed by atoms with E-state index in [1.54, 1.807) is 18.4 Å². The van der Waals surface area contributed by atoms with Crippen LogP contribution >= 0.6 is 0 Å². The second-order valence-electron chi connectivity index (χ2n) is 5.98. The molecule has 8 heteroatoms. The molecule has 0 radical (unpaired) electrons. The van der Waals surface area contributed by atoms with E-state index in [-0.39, 0.29) is 34.4 Å². The molecule has 3 rings (SSSR count). The second-order valence-corrected chi connectivity index (χ2v) is 5.98. The van der Waals surface area contributed by atoms with Crippen molar-refractivity contribution in [1.29, 1.82) is 0 Å². The highest BCUT2D eigenvalue weighted by atomic mass is 16.3. The van der Waals surface area contributed by atoms with Crippen LogP contribution in [0.25, 0.3) is 0 Å². The number of furan rings is 1. The smallest absolute Gasteiger partial charge is 0.254 e. The van der Waals surface area contributed by atoms with Crippen molar-refractivity contribution in [3.63, 3.8) is 0 Å². The summed E-state index contributed by atoms with van der Waals surface area (Å²) < 4.78 is 5.07. The molecule has 0 aliphatic rings. The Hall–Kier alpha value is -3.55. The Morgan fingerprint density at radius 3 is 2.56 bits per heavy atom. The van der Waals surface area contributed by atoms with Crippen LogP contribution in [-0.2, 0) is 0 Å². The minimum atomic E-state index is -0.690. The molecule has 27 heavy (non-hydrogen) atoms. The maximum Gasteiger partial charge on any atom is 0.254 e. The van der Waals surface area contributed by atoms with Crippen molar-refractivity contribution in [2.75, 3.05) is 17.7 Å². The molecule has 0 bridgehead atoms. The van der Waals surface area contributed by atoms with Crippen molar-refractivity contribution in [1.82, 2.24) is 5.32 Å². The van der Waals surface area contributed by atoms with E-state index in [2.05, 4.69) is 16.0 Å². The minimum absolute atomic E-state index is 0.0475. The predicted octanol–water partition coefficient (Wildman–Crippen LogP) is 2.25. The molecule has 0 spiro atoms. The lowest BCUT2D eigenvalue weighted by molar-refractivity contribution is 0.0960. The molecule has 0 saturated carbocycles. The van der Waals surface area contributed by atoms with E-state index in [1.807, 2.05) is 6.92 Å². The fraction of sp³-hybridized carbons (Fsp3) is 0.211. The first kappa shape index (κ1) is 18.2. The van der Waals surface area contributed by atoms with Gasteiger partial charge < -0.3 is 25.5 Å². The van der Waals surface area contributed by atoms with Crippen LogP contribution in [0.4, 0.5) is 17.1 Å². The number of amides is 1. The fourth-order valence-corrected chi connectivity index (χ4v) is 2.81. The third kappa shape index (κ3) is 3.29. The number of benzene rings is 1. The highest BCUT2D eigenvalue weighted by Crippen LogP contribution is 2.32. The van der Waals surface area contributed by atoms with E-state index < -0.39 is 16.8 Å². The fourth-order valence-electron chi connectivity index (χ4n) is 2.81. The predicted molar refractivity (Wildman–Crippen MR) is 101 cm³/mol. The molecule has 1 aromatic heterocycles. The maximum atomic E-state index is 12.0. The van der Waals surface area contributed by atoms with Gasteiger partial charge in [0.1, 0.15) is 11.4 Å². The minimum Gasteiger partial charge on any atom is -0.505 e. The maximum absolute atomic E-state index is 12.0. The number of phenols is 1. The summed E-state index contributed by atoms with van der Waals surface area (Å²) in [5.41, 5.74) is -0.0844. The number of aromatic hydroxyl groups is 1. The topological polar surface area (TPSA) is 121 Å². The molecule has 3 aromatic rings. The lowest BCUT2D eigenvalue weighted by Crippen LogP contribution is -2.37. The van der Waals surface area contributed by atoms with Gasteiger partial charge in [0, 0.05) is 12.6 Å². The van der Waals surface area contributed by atoms with Gasteiger partial charge in [0.2, 0.25) is 0 Å². The Morgan fingerprint density at radius 1 is 1.19 bits per heavy atom. The summed E-state index contributed by atoms with van der Waals surface area (Å²) in [5, 5.41) is 18.5. The van der Waals surface area contributed by atoms with E-state index in [0.717, 1.165) is 5.56 Å². The Morgan fingerprint density at radius 2 is 1.93 bits per heavy atom. The number of rotatable bonds is 7. The first-order valence-electron chi connectivity index (χ1n) is 8.40. The number of hydrogen-bond donors (Lipinski definition) is 4. The van der Waals surface area contributed by atoms with Crippen LogP contribution in [0.5, 0.6) is 5.75 Å². The van der Waals surface area contributed by atoms with Gasteiger partial charge in [-0.15, -0.1) is 0 Å². The van der Waals surface area contributed by atoms with Gasteiger partial charge in [0.05, 0.1) is 29.8 Å². The van der Waals surface area contributed by atoms with Crippen molar-refractivity contribution < 1.29 is 14.3 Å². The molecular formula is C19H19N3O5. The third-order valence-electron chi connectivity index (χ3n) is 4.35. The van der Waals surface area contributed by atoms with Crippen molar-refractivity contribution >= 4 is 23.0 Å². The first-order chi connectivity index (χ1) is 13.0. The van der Waals surface area contributed by atoms with Crippen molar-refractivity contribution in [2.45, 2.75) is 19.4 Å². The standard InChI is InChI=1S/C19H19N3O5/c1-3-12(10-7-8-27-9-10)21-14-15(18(25)17(14)24)22-13-6-4-5-11(16(13)23)19(26)20-2/h4-9,12,21-23H,3H2,1-2H3,(H,20,26). The molecule has 1 heterocycles. The van der Waals surface area contributed by atoms with Crippen molar-refractivity contribution in [3.8, 4) is 5.75 Å². The number of nitrogens with one attached hydrogen (secondary N) is 3. The molecule has 1 atom stereocenters. The van der Waals surface area contributed by atoms with Crippen LogP contribution in [0.15, 0.2) is 50.8 Å². The molecule has 0 fully saturated rings. The van der Waals surface area contributed by atoms with Crippen LogP contribution in [-0.4, -0.2) is 18.1 Å². The van der Waals surface area contributed by atoms with Gasteiger partial charge in [-0.1, -0.05) is 13.0 Å². The molecule has 140 valence electrons. The first-order valence-corrected chi connectivity index (χ1v) is 8.40. The van der Waals surface area contributed by atoms with Gasteiger partial charge in [-0.05, 0) is 24.6 Å². The molecule has 2 aromatic carbocycles. The highest BCUT2D eigenvalue weighted by Gasteiger charge is 2.25. The summed E-state index contributed by atoms with van der Waals surface area (Å²) in [5.74, 6) is -0.775. The van der Waals surface area contributed by atoms with Crippen LogP contribution in [0.3, 0.4) is 0 Å². The number of anilines is 3. The zero-order valence-corrected chi connectivity index (χ0v) is 14.8. The van der Waals surface area contributed by atoms with Gasteiger partial charge >= 0.3 is 0 Å². The molecule has 0 aliphatic carbocycles. The summed E-state index contributed by atoms with van der Waals surface area (Å²) in [7, 11) is 1.45. The van der Waals surface area contributed by atoms with Crippen LogP contribution in [0, 0.1) is 0 Å². The van der Waals surface area contributed by atoms with E-state index >= 15 is 0 Å². The summed E-state index contributed by atoms with van der Waals surface area (Å²) in [4.78, 5) is 35.9. The van der Waals surface area contributed by atoms with E-state index in [4.69, 9.17) is 4.42 Å². The Bertz CT molecular complexity index is 1030. The average molecular weight is 369 g/mol. The second kappa shape index (κ2) is 7.36. The van der Waals surface area contributed by atoms with Gasteiger partial charge in [-0.25, -0.2) is 0 Å². The van der Waals surface area contributed by atoms with Crippen molar-refractivity contribution in [2.24, 2.45) is 0 Å². The number of carbonyl (C=O) groups is 1. The molecule has 1 unspecified atom stereocenters. The van der Waals surface area contributed by atoms with E-state index in [0.29, 0.717) is 6.42 Å². The van der Waals surface area contributed by atoms with Gasteiger partial charge in [0.25, 0.3) is 16.8 Å². The van der Waals surface area contributed by atoms with Gasteiger partial charge in [-0.3, -0.25) is 14.4 Å². The van der Waals surface area contributed by atoms with Crippen LogP contribution in [0.1, 0.15) is 35.3 Å². The van der Waals surface area contributed by atoms with Crippen LogP contribution in [0.2, 0.25) is 0 Å². The Labute approximate surface area is 154 Å². The monoisotopic (exact) mass is 369 g/mol. The Kier molecular flexibility index (Phi) is 4.98. The number of para-hydroxylation sites is 1. The SMILES string of the molecule is CCC(Nc1c(Nc2cccc(C(=O)NC)c2O)c(=O)c1=O)c1ccoc1. The molecule has 0 saturated heterocycles. The quantitative estimate of drug-likeness (QED) is 0.372. The summed E-state index contributed by atoms with van der Waals surface area (Å²) in [6, 6.07) is 6.09. The summed E-state index contributed by atoms with van der Waals surface area (Å²) in [6.07, 6.45) is 3.76. The zero-order chi connectivity index (χ0) is 19.6. The summed E-state index contributed by atoms with van der Waals surface area (Å²) in [6.45, 7) is 1.93. The number of phenolic OH excluding ortho intramolecular Hbond substituents is 1. The molecule has 1 amide bonds. The Balaban J connectivity index is 1.90. The number of hydrogen-bond acceptors (Lipinski definition) is 7. The largest absolute Gasteiger partial charge is 0.505 e. The van der Waals surface area contributed by atoms with Gasteiger partial charge in [0.15, 0.2) is 5.75 Å². The molecule has 0 aliphatic heterocycles. The van der Waals surface area contributed by atoms with E-state index in [9.17, 15) is 19.5 Å². The number of carbonyl (C=O) groups excluding carboxylic acids is 1.